The molecule has 2 aromatic rings. The number of esters is 1. The molecule has 5 rings (SSSR count). The summed E-state index contributed by atoms with van der Waals surface area (Å²) < 4.78 is 12.3. The predicted octanol–water partition coefficient (Wildman–Crippen LogP) is 4.34. The Morgan fingerprint density at radius 1 is 1.24 bits per heavy atom. The first kappa shape index (κ1) is 29.3. The molecule has 2 bridgehead atoms. The van der Waals surface area contributed by atoms with Gasteiger partial charge in [-0.25, -0.2) is 0 Å². The van der Waals surface area contributed by atoms with Gasteiger partial charge in [0.1, 0.15) is 17.6 Å². The number of carbonyl (C=O) groups is 3. The van der Waals surface area contributed by atoms with Crippen molar-refractivity contribution in [2.75, 3.05) is 24.7 Å². The number of aliphatic hydroxyl groups is 1. The van der Waals surface area contributed by atoms with Crippen LogP contribution in [-0.4, -0.2) is 70.8 Å². The fourth-order valence-electron chi connectivity index (χ4n) is 7.66. The lowest BCUT2D eigenvalue weighted by Gasteiger charge is -2.41. The number of likely N-dealkylation sites (tertiary alicyclic amines) is 1. The highest BCUT2D eigenvalue weighted by Crippen LogP contribution is 2.66. The number of nitrogens with zero attached hydrogens (tertiary/aromatic N) is 2. The number of ether oxygens (including phenoxy) is 2. The van der Waals surface area contributed by atoms with Crippen molar-refractivity contribution in [1.82, 2.24) is 4.90 Å². The molecule has 8 heteroatoms. The standard InChI is InChI=1S/C33H42N2O6/c1-7-16-34(24-15-14-22-12-10-11-13-23(22)17-24)30(38)28-33-18-21(5)32(6,41-33)27(31(39)40-9-3)26(33)29(37)35(28)25(19-36)20(4)8-2/h7,10-15,17,20-21,25-28,36H,1,8-9,16,18-19H2,2-6H3/t20-,21?,25-,26-,27-,28?,32+,33?/m0/s1. The van der Waals surface area contributed by atoms with E-state index in [0.717, 1.165) is 10.8 Å². The maximum Gasteiger partial charge on any atom is 0.312 e. The van der Waals surface area contributed by atoms with Gasteiger partial charge < -0.3 is 24.4 Å². The molecule has 2 aromatic carbocycles. The van der Waals surface area contributed by atoms with E-state index < -0.39 is 41.1 Å². The zero-order valence-corrected chi connectivity index (χ0v) is 24.7. The summed E-state index contributed by atoms with van der Waals surface area (Å²) in [4.78, 5) is 46.0. The summed E-state index contributed by atoms with van der Waals surface area (Å²) in [5.74, 6) is -3.01. The van der Waals surface area contributed by atoms with Crippen LogP contribution in [0.25, 0.3) is 10.8 Å². The Morgan fingerprint density at radius 3 is 2.59 bits per heavy atom. The molecule has 3 aliphatic rings. The molecule has 8 nitrogen and oxygen atoms in total. The van der Waals surface area contributed by atoms with E-state index in [2.05, 4.69) is 6.58 Å². The lowest BCUT2D eigenvalue weighted by Crippen LogP contribution is -2.60. The van der Waals surface area contributed by atoms with Gasteiger partial charge in [-0.05, 0) is 55.0 Å². The van der Waals surface area contributed by atoms with Crippen molar-refractivity contribution in [2.45, 2.75) is 70.7 Å². The van der Waals surface area contributed by atoms with Crippen LogP contribution in [0.4, 0.5) is 5.69 Å². The lowest BCUT2D eigenvalue weighted by atomic mass is 9.62. The first-order valence-electron chi connectivity index (χ1n) is 14.8. The molecule has 1 N–H and O–H groups in total. The second-order valence-corrected chi connectivity index (χ2v) is 12.1. The molecule has 3 saturated heterocycles. The summed E-state index contributed by atoms with van der Waals surface area (Å²) in [6.07, 6.45) is 2.81. The molecule has 0 saturated carbocycles. The number of amides is 2. The second-order valence-electron chi connectivity index (χ2n) is 12.1. The quantitative estimate of drug-likeness (QED) is 0.342. The number of fused-ring (bicyclic) bond motifs is 2. The van der Waals surface area contributed by atoms with Crippen molar-refractivity contribution in [3.63, 3.8) is 0 Å². The molecule has 3 aliphatic heterocycles. The van der Waals surface area contributed by atoms with Crippen LogP contribution in [0.1, 0.15) is 47.5 Å². The van der Waals surface area contributed by atoms with Gasteiger partial charge in [-0.2, -0.15) is 0 Å². The maximum atomic E-state index is 14.9. The first-order chi connectivity index (χ1) is 19.6. The fourth-order valence-corrected chi connectivity index (χ4v) is 7.66. The summed E-state index contributed by atoms with van der Waals surface area (Å²) in [7, 11) is 0. The van der Waals surface area contributed by atoms with Crippen LogP contribution in [0.15, 0.2) is 55.1 Å². The average molecular weight is 563 g/mol. The number of hydrogen-bond donors (Lipinski definition) is 1. The molecule has 0 aliphatic carbocycles. The molecular formula is C33H42N2O6. The monoisotopic (exact) mass is 562 g/mol. The summed E-state index contributed by atoms with van der Waals surface area (Å²) >= 11 is 0. The molecule has 8 atom stereocenters. The number of hydrogen-bond acceptors (Lipinski definition) is 6. The Morgan fingerprint density at radius 2 is 1.95 bits per heavy atom. The van der Waals surface area contributed by atoms with Gasteiger partial charge in [-0.15, -0.1) is 6.58 Å². The van der Waals surface area contributed by atoms with Crippen molar-refractivity contribution in [2.24, 2.45) is 23.7 Å². The molecule has 1 spiro atoms. The largest absolute Gasteiger partial charge is 0.466 e. The van der Waals surface area contributed by atoms with Crippen LogP contribution in [0.2, 0.25) is 0 Å². The molecule has 220 valence electrons. The molecule has 3 heterocycles. The van der Waals surface area contributed by atoms with Gasteiger partial charge in [0.2, 0.25) is 5.91 Å². The van der Waals surface area contributed by atoms with Crippen LogP contribution in [-0.2, 0) is 23.9 Å². The summed E-state index contributed by atoms with van der Waals surface area (Å²) in [5, 5.41) is 12.6. The van der Waals surface area contributed by atoms with E-state index in [1.54, 1.807) is 22.8 Å². The minimum atomic E-state index is -1.23. The number of carbonyl (C=O) groups excluding carboxylic acids is 3. The number of rotatable bonds is 10. The third-order valence-electron chi connectivity index (χ3n) is 9.99. The highest BCUT2D eigenvalue weighted by atomic mass is 16.6. The van der Waals surface area contributed by atoms with E-state index >= 15 is 0 Å². The number of anilines is 1. The summed E-state index contributed by atoms with van der Waals surface area (Å²) in [6, 6.07) is 12.1. The van der Waals surface area contributed by atoms with Gasteiger partial charge in [-0.1, -0.05) is 63.6 Å². The predicted molar refractivity (Wildman–Crippen MR) is 157 cm³/mol. The third kappa shape index (κ3) is 4.29. The maximum absolute atomic E-state index is 14.9. The normalized spacial score (nSPS) is 31.7. The molecule has 3 fully saturated rings. The van der Waals surface area contributed by atoms with Crippen molar-refractivity contribution in [1.29, 1.82) is 0 Å². The third-order valence-corrected chi connectivity index (χ3v) is 9.99. The van der Waals surface area contributed by atoms with Crippen LogP contribution in [0.5, 0.6) is 0 Å². The van der Waals surface area contributed by atoms with Gasteiger partial charge in [0, 0.05) is 12.2 Å². The molecule has 41 heavy (non-hydrogen) atoms. The van der Waals surface area contributed by atoms with E-state index in [1.165, 1.54) is 0 Å². The molecule has 3 unspecified atom stereocenters. The average Bonchev–Trinajstić information content (AvgIpc) is 3.48. The zero-order valence-electron chi connectivity index (χ0n) is 24.7. The number of aliphatic hydroxyl groups excluding tert-OH is 1. The van der Waals surface area contributed by atoms with Gasteiger partial charge in [0.05, 0.1) is 30.8 Å². The van der Waals surface area contributed by atoms with E-state index in [0.29, 0.717) is 18.5 Å². The Labute approximate surface area is 242 Å². The summed E-state index contributed by atoms with van der Waals surface area (Å²) in [6.45, 7) is 13.6. The van der Waals surface area contributed by atoms with Crippen molar-refractivity contribution < 1.29 is 29.0 Å². The SMILES string of the molecule is C=CCN(C(=O)C1N([C@@H](CO)[C@@H](C)CC)C(=O)[C@@H]2[C@@H](C(=O)OCC)[C@]3(C)OC12CC3C)c1ccc2ccccc2c1. The zero-order chi connectivity index (χ0) is 29.7. The fraction of sp³-hybridized carbons (Fsp3) is 0.545. The van der Waals surface area contributed by atoms with Gasteiger partial charge >= 0.3 is 5.97 Å². The van der Waals surface area contributed by atoms with Crippen molar-refractivity contribution >= 4 is 34.2 Å². The van der Waals surface area contributed by atoms with Crippen molar-refractivity contribution in [3.05, 3.63) is 55.1 Å². The molecule has 2 amide bonds. The van der Waals surface area contributed by atoms with E-state index in [1.807, 2.05) is 70.2 Å². The van der Waals surface area contributed by atoms with Gasteiger partial charge in [0.15, 0.2) is 0 Å². The Kier molecular flexibility index (Phi) is 7.76. The van der Waals surface area contributed by atoms with Crippen LogP contribution >= 0.6 is 0 Å². The Hall–Kier alpha value is -3.23. The number of benzene rings is 2. The van der Waals surface area contributed by atoms with E-state index in [-0.39, 0.29) is 43.4 Å². The van der Waals surface area contributed by atoms with Gasteiger partial charge in [0.25, 0.3) is 5.91 Å². The Bertz CT molecular complexity index is 1360. The van der Waals surface area contributed by atoms with Crippen LogP contribution in [0, 0.1) is 23.7 Å². The van der Waals surface area contributed by atoms with Crippen LogP contribution < -0.4 is 4.90 Å². The second kappa shape index (κ2) is 10.9. The lowest BCUT2D eigenvalue weighted by molar-refractivity contribution is -0.162. The highest BCUT2D eigenvalue weighted by molar-refractivity contribution is 6.06. The smallest absolute Gasteiger partial charge is 0.312 e. The molecular weight excluding hydrogens is 520 g/mol. The molecule has 0 aromatic heterocycles. The minimum absolute atomic E-state index is 0.0887. The highest BCUT2D eigenvalue weighted by Gasteiger charge is 2.81. The van der Waals surface area contributed by atoms with E-state index in [9.17, 15) is 19.5 Å². The Balaban J connectivity index is 1.67. The topological polar surface area (TPSA) is 96.4 Å². The molecule has 0 radical (unpaired) electrons. The van der Waals surface area contributed by atoms with Gasteiger partial charge in [-0.3, -0.25) is 14.4 Å². The minimum Gasteiger partial charge on any atom is -0.466 e. The first-order valence-corrected chi connectivity index (χ1v) is 14.8. The van der Waals surface area contributed by atoms with E-state index in [4.69, 9.17) is 9.47 Å². The summed E-state index contributed by atoms with van der Waals surface area (Å²) in [5.41, 5.74) is -1.50. The van der Waals surface area contributed by atoms with Crippen molar-refractivity contribution in [3.8, 4) is 0 Å². The van der Waals surface area contributed by atoms with Crippen LogP contribution in [0.3, 0.4) is 0 Å².